The molecule has 0 bridgehead atoms. The smallest absolute Gasteiger partial charge is 0.238 e. The Morgan fingerprint density at radius 3 is 2.64 bits per heavy atom. The zero-order valence-corrected chi connectivity index (χ0v) is 15.4. The Morgan fingerprint density at radius 2 is 1.88 bits per heavy atom. The Morgan fingerprint density at radius 1 is 1.12 bits per heavy atom. The number of nitrogens with zero attached hydrogens (tertiary/aromatic N) is 1. The highest BCUT2D eigenvalue weighted by atomic mass is 35.5. The molecule has 0 unspecified atom stereocenters. The van der Waals surface area contributed by atoms with Crippen LogP contribution in [-0.4, -0.2) is 37.3 Å². The van der Waals surface area contributed by atoms with Gasteiger partial charge in [-0.25, -0.2) is 0 Å². The summed E-state index contributed by atoms with van der Waals surface area (Å²) in [6.07, 6.45) is 0. The number of anilines is 1. The van der Waals surface area contributed by atoms with E-state index in [4.69, 9.17) is 4.74 Å². The van der Waals surface area contributed by atoms with Crippen LogP contribution in [0.25, 0.3) is 21.8 Å². The minimum atomic E-state index is -0.0512. The molecule has 0 aliphatic carbocycles. The number of ether oxygens (including phenoxy) is 1. The molecule has 2 N–H and O–H groups in total. The summed E-state index contributed by atoms with van der Waals surface area (Å²) < 4.78 is 7.24. The van der Waals surface area contributed by atoms with Crippen LogP contribution in [0.2, 0.25) is 0 Å². The number of carbonyl (C=O) groups is 1. The minimum absolute atomic E-state index is 0. The summed E-state index contributed by atoms with van der Waals surface area (Å²) >= 11 is 0. The Labute approximate surface area is 153 Å². The van der Waals surface area contributed by atoms with Crippen molar-refractivity contribution in [1.82, 2.24) is 9.88 Å². The van der Waals surface area contributed by atoms with Crippen molar-refractivity contribution in [2.24, 2.45) is 0 Å². The van der Waals surface area contributed by atoms with E-state index in [0.717, 1.165) is 17.6 Å². The number of amides is 1. The Hall–Kier alpha value is -2.08. The van der Waals surface area contributed by atoms with E-state index < -0.39 is 0 Å². The van der Waals surface area contributed by atoms with Gasteiger partial charge in [0.2, 0.25) is 5.91 Å². The zero-order valence-electron chi connectivity index (χ0n) is 14.5. The molecule has 134 valence electrons. The molecule has 6 heteroatoms. The molecule has 0 fully saturated rings. The van der Waals surface area contributed by atoms with E-state index in [2.05, 4.69) is 52.5 Å². The number of aromatic nitrogens is 1. The second kappa shape index (κ2) is 8.85. The number of aryl methyl sites for hydroxylation is 1. The summed E-state index contributed by atoms with van der Waals surface area (Å²) in [5.41, 5.74) is 3.23. The first-order valence-electron chi connectivity index (χ1n) is 8.25. The summed E-state index contributed by atoms with van der Waals surface area (Å²) in [4.78, 5) is 12.0. The molecule has 3 rings (SSSR count). The molecule has 2 aromatic carbocycles. The number of methoxy groups -OCH3 is 1. The van der Waals surface area contributed by atoms with E-state index >= 15 is 0 Å². The number of hydrogen-bond donors (Lipinski definition) is 2. The number of hydrogen-bond acceptors (Lipinski definition) is 3. The molecule has 1 aromatic heterocycles. The lowest BCUT2D eigenvalue weighted by Crippen LogP contribution is -2.30. The topological polar surface area (TPSA) is 55.3 Å². The normalized spacial score (nSPS) is 10.8. The highest BCUT2D eigenvalue weighted by Crippen LogP contribution is 2.30. The maximum absolute atomic E-state index is 12.0. The van der Waals surface area contributed by atoms with E-state index in [0.29, 0.717) is 13.2 Å². The van der Waals surface area contributed by atoms with Gasteiger partial charge in [0, 0.05) is 47.7 Å². The number of nitrogens with one attached hydrogen (secondary N) is 2. The number of benzene rings is 2. The fourth-order valence-corrected chi connectivity index (χ4v) is 3.05. The van der Waals surface area contributed by atoms with Crippen molar-refractivity contribution >= 4 is 45.8 Å². The van der Waals surface area contributed by atoms with Gasteiger partial charge in [-0.05, 0) is 31.2 Å². The van der Waals surface area contributed by atoms with Crippen molar-refractivity contribution in [3.05, 3.63) is 42.5 Å². The van der Waals surface area contributed by atoms with Gasteiger partial charge in [-0.3, -0.25) is 4.79 Å². The van der Waals surface area contributed by atoms with Crippen LogP contribution in [0.15, 0.2) is 42.5 Å². The SMILES string of the molecule is CCn1c2ccccc2c2cc(NC(=O)CNCCOC)ccc21.Cl. The fourth-order valence-electron chi connectivity index (χ4n) is 3.05. The standard InChI is InChI=1S/C19H23N3O2.ClH/c1-3-22-17-7-5-4-6-15(17)16-12-14(8-9-18(16)22)21-19(23)13-20-10-11-24-2;/h4-9,12,20H,3,10-11,13H2,1-2H3,(H,21,23);1H. The fraction of sp³-hybridized carbons (Fsp3) is 0.316. The van der Waals surface area contributed by atoms with Crippen LogP contribution in [0.4, 0.5) is 5.69 Å². The van der Waals surface area contributed by atoms with Crippen LogP contribution in [0.3, 0.4) is 0 Å². The van der Waals surface area contributed by atoms with E-state index in [1.54, 1.807) is 7.11 Å². The highest BCUT2D eigenvalue weighted by molar-refractivity contribution is 6.09. The monoisotopic (exact) mass is 361 g/mol. The lowest BCUT2D eigenvalue weighted by Gasteiger charge is -2.07. The number of para-hydroxylation sites is 1. The third-order valence-electron chi connectivity index (χ3n) is 4.14. The van der Waals surface area contributed by atoms with Gasteiger partial charge in [0.25, 0.3) is 0 Å². The summed E-state index contributed by atoms with van der Waals surface area (Å²) in [6, 6.07) is 14.5. The third kappa shape index (κ3) is 4.12. The van der Waals surface area contributed by atoms with E-state index in [1.165, 1.54) is 16.4 Å². The summed E-state index contributed by atoms with van der Waals surface area (Å²) in [7, 11) is 1.64. The second-order valence-corrected chi connectivity index (χ2v) is 5.71. The average molecular weight is 362 g/mol. The molecule has 25 heavy (non-hydrogen) atoms. The number of rotatable bonds is 7. The largest absolute Gasteiger partial charge is 0.383 e. The molecule has 3 aromatic rings. The Balaban J connectivity index is 0.00000225. The molecule has 0 aliphatic heterocycles. The van der Waals surface area contributed by atoms with Crippen molar-refractivity contribution in [2.75, 3.05) is 32.1 Å². The second-order valence-electron chi connectivity index (χ2n) is 5.71. The molecular formula is C19H24ClN3O2. The molecule has 0 atom stereocenters. The molecule has 5 nitrogen and oxygen atoms in total. The van der Waals surface area contributed by atoms with Crippen LogP contribution in [0.1, 0.15) is 6.92 Å². The molecule has 1 heterocycles. The lowest BCUT2D eigenvalue weighted by molar-refractivity contribution is -0.115. The predicted octanol–water partition coefficient (Wildman–Crippen LogP) is 3.41. The first-order valence-corrected chi connectivity index (χ1v) is 8.25. The zero-order chi connectivity index (χ0) is 16.9. The van der Waals surface area contributed by atoms with Crippen LogP contribution in [0, 0.1) is 0 Å². The molecule has 0 saturated carbocycles. The molecule has 0 radical (unpaired) electrons. The van der Waals surface area contributed by atoms with Gasteiger partial charge in [-0.1, -0.05) is 18.2 Å². The number of fused-ring (bicyclic) bond motifs is 3. The molecule has 1 amide bonds. The van der Waals surface area contributed by atoms with Gasteiger partial charge in [-0.15, -0.1) is 12.4 Å². The first kappa shape index (κ1) is 19.2. The van der Waals surface area contributed by atoms with Gasteiger partial charge in [0.15, 0.2) is 0 Å². The van der Waals surface area contributed by atoms with Gasteiger partial charge in [0.05, 0.1) is 13.2 Å². The van der Waals surface area contributed by atoms with Crippen molar-refractivity contribution in [3.8, 4) is 0 Å². The first-order chi connectivity index (χ1) is 11.7. The Kier molecular flexibility index (Phi) is 6.82. The van der Waals surface area contributed by atoms with Gasteiger partial charge < -0.3 is 19.9 Å². The molecule has 0 spiro atoms. The number of carbonyl (C=O) groups excluding carboxylic acids is 1. The summed E-state index contributed by atoms with van der Waals surface area (Å²) in [5.74, 6) is -0.0512. The minimum Gasteiger partial charge on any atom is -0.383 e. The van der Waals surface area contributed by atoms with Gasteiger partial charge in [-0.2, -0.15) is 0 Å². The van der Waals surface area contributed by atoms with Crippen LogP contribution in [-0.2, 0) is 16.1 Å². The van der Waals surface area contributed by atoms with Crippen molar-refractivity contribution < 1.29 is 9.53 Å². The molecule has 0 saturated heterocycles. The van der Waals surface area contributed by atoms with Crippen molar-refractivity contribution in [3.63, 3.8) is 0 Å². The van der Waals surface area contributed by atoms with Gasteiger partial charge >= 0.3 is 0 Å². The maximum Gasteiger partial charge on any atom is 0.238 e. The van der Waals surface area contributed by atoms with Crippen LogP contribution in [0.5, 0.6) is 0 Å². The summed E-state index contributed by atoms with van der Waals surface area (Å²) in [6.45, 7) is 4.59. The molecular weight excluding hydrogens is 338 g/mol. The Bertz CT molecular complexity index is 860. The van der Waals surface area contributed by atoms with Crippen LogP contribution >= 0.6 is 12.4 Å². The van der Waals surface area contributed by atoms with Crippen LogP contribution < -0.4 is 10.6 Å². The highest BCUT2D eigenvalue weighted by Gasteiger charge is 2.10. The number of halogens is 1. The average Bonchev–Trinajstić information content (AvgIpc) is 2.92. The van der Waals surface area contributed by atoms with Crippen molar-refractivity contribution in [1.29, 1.82) is 0 Å². The van der Waals surface area contributed by atoms with Crippen molar-refractivity contribution in [2.45, 2.75) is 13.5 Å². The molecule has 0 aliphatic rings. The quantitative estimate of drug-likeness (QED) is 0.634. The lowest BCUT2D eigenvalue weighted by atomic mass is 10.1. The predicted molar refractivity (Wildman–Crippen MR) is 106 cm³/mol. The van der Waals surface area contributed by atoms with Gasteiger partial charge in [0.1, 0.15) is 0 Å². The van der Waals surface area contributed by atoms with E-state index in [9.17, 15) is 4.79 Å². The van der Waals surface area contributed by atoms with E-state index in [1.807, 2.05) is 12.1 Å². The van der Waals surface area contributed by atoms with E-state index in [-0.39, 0.29) is 24.9 Å². The summed E-state index contributed by atoms with van der Waals surface area (Å²) in [5, 5.41) is 8.37. The maximum atomic E-state index is 12.0. The third-order valence-corrected chi connectivity index (χ3v) is 4.14.